The number of carboxylic acid groups (broad SMARTS) is 1. The lowest BCUT2D eigenvalue weighted by Crippen LogP contribution is -2.02. The summed E-state index contributed by atoms with van der Waals surface area (Å²) in [5.74, 6) is -0.117. The van der Waals surface area contributed by atoms with E-state index in [1.54, 1.807) is 12.1 Å². The fraction of sp³-hybridized carbons (Fsp3) is 0.182. The topological polar surface area (TPSA) is 55.8 Å². The van der Waals surface area contributed by atoms with Crippen LogP contribution >= 0.6 is 15.9 Å². The van der Waals surface area contributed by atoms with Crippen LogP contribution in [0.3, 0.4) is 0 Å². The molecule has 0 aliphatic carbocycles. The van der Waals surface area contributed by atoms with Gasteiger partial charge in [0.2, 0.25) is 0 Å². The summed E-state index contributed by atoms with van der Waals surface area (Å²) in [7, 11) is 2.98. The van der Waals surface area contributed by atoms with E-state index in [9.17, 15) is 4.79 Å². The monoisotopic (exact) mass is 286 g/mol. The standard InChI is InChI=1S/C11H11BrO4/c1-6(11(13)14)10-8(12)4-7(15-2)5-9(10)16-3/h4-5H,1H2,2-3H3,(H,13,14). The zero-order valence-electron chi connectivity index (χ0n) is 8.91. The van der Waals surface area contributed by atoms with Crippen LogP contribution in [0.1, 0.15) is 5.56 Å². The van der Waals surface area contributed by atoms with Crippen LogP contribution in [0.25, 0.3) is 5.57 Å². The Balaban J connectivity index is 3.38. The van der Waals surface area contributed by atoms with Gasteiger partial charge in [-0.3, -0.25) is 0 Å². The Morgan fingerprint density at radius 2 is 2.00 bits per heavy atom. The van der Waals surface area contributed by atoms with E-state index in [0.717, 1.165) is 0 Å². The first kappa shape index (κ1) is 12.6. The minimum absolute atomic E-state index is 0.0358. The van der Waals surface area contributed by atoms with Crippen LogP contribution in [0.15, 0.2) is 23.2 Å². The second-order valence-corrected chi connectivity index (χ2v) is 3.82. The van der Waals surface area contributed by atoms with Crippen molar-refractivity contribution in [2.45, 2.75) is 0 Å². The second kappa shape index (κ2) is 5.03. The maximum atomic E-state index is 10.9. The fourth-order valence-corrected chi connectivity index (χ4v) is 1.90. The average Bonchev–Trinajstić information content (AvgIpc) is 2.26. The highest BCUT2D eigenvalue weighted by molar-refractivity contribution is 9.10. The van der Waals surface area contributed by atoms with E-state index in [1.165, 1.54) is 14.2 Å². The van der Waals surface area contributed by atoms with Gasteiger partial charge in [0.25, 0.3) is 0 Å². The van der Waals surface area contributed by atoms with Gasteiger partial charge in [0, 0.05) is 16.1 Å². The third-order valence-electron chi connectivity index (χ3n) is 2.04. The van der Waals surface area contributed by atoms with Gasteiger partial charge in [0.05, 0.1) is 19.8 Å². The first-order valence-corrected chi connectivity index (χ1v) is 5.14. The summed E-state index contributed by atoms with van der Waals surface area (Å²) in [5.41, 5.74) is 0.377. The van der Waals surface area contributed by atoms with Gasteiger partial charge in [-0.25, -0.2) is 4.79 Å². The molecule has 4 nitrogen and oxygen atoms in total. The van der Waals surface area contributed by atoms with Crippen LogP contribution in [-0.2, 0) is 4.79 Å². The molecule has 0 spiro atoms. The first-order chi connectivity index (χ1) is 7.51. The lowest BCUT2D eigenvalue weighted by molar-refractivity contribution is -0.130. The van der Waals surface area contributed by atoms with E-state index >= 15 is 0 Å². The predicted molar refractivity (Wildman–Crippen MR) is 63.9 cm³/mol. The molecular formula is C11H11BrO4. The molecule has 0 unspecified atom stereocenters. The Labute approximate surface area is 102 Å². The van der Waals surface area contributed by atoms with Gasteiger partial charge in [0.15, 0.2) is 0 Å². The average molecular weight is 287 g/mol. The highest BCUT2D eigenvalue weighted by Gasteiger charge is 2.17. The predicted octanol–water partition coefficient (Wildman–Crippen LogP) is 2.56. The minimum atomic E-state index is -1.09. The van der Waals surface area contributed by atoms with E-state index in [0.29, 0.717) is 21.5 Å². The SMILES string of the molecule is C=C(C(=O)O)c1c(Br)cc(OC)cc1OC. The van der Waals surface area contributed by atoms with Crippen molar-refractivity contribution in [3.8, 4) is 11.5 Å². The molecule has 0 aromatic heterocycles. The van der Waals surface area contributed by atoms with Gasteiger partial charge in [-0.1, -0.05) is 6.58 Å². The number of hydrogen-bond acceptors (Lipinski definition) is 3. The number of methoxy groups -OCH3 is 2. The van der Waals surface area contributed by atoms with Crippen LogP contribution in [0, 0.1) is 0 Å². The molecule has 0 heterocycles. The van der Waals surface area contributed by atoms with Gasteiger partial charge < -0.3 is 14.6 Å². The zero-order chi connectivity index (χ0) is 12.3. The highest BCUT2D eigenvalue weighted by atomic mass is 79.9. The normalized spacial score (nSPS) is 9.69. The molecule has 0 bridgehead atoms. The van der Waals surface area contributed by atoms with Gasteiger partial charge in [-0.05, 0) is 22.0 Å². The molecule has 0 aliphatic heterocycles. The number of carboxylic acids is 1. The van der Waals surface area contributed by atoms with E-state index in [-0.39, 0.29) is 5.57 Å². The van der Waals surface area contributed by atoms with Crippen LogP contribution in [0.4, 0.5) is 0 Å². The van der Waals surface area contributed by atoms with Crippen molar-refractivity contribution in [1.82, 2.24) is 0 Å². The maximum absolute atomic E-state index is 10.9. The summed E-state index contributed by atoms with van der Waals surface area (Å²) < 4.78 is 10.7. The lowest BCUT2D eigenvalue weighted by Gasteiger charge is -2.12. The van der Waals surface area contributed by atoms with Crippen molar-refractivity contribution in [1.29, 1.82) is 0 Å². The molecule has 0 saturated carbocycles. The molecule has 86 valence electrons. The molecule has 0 saturated heterocycles. The number of hydrogen-bond donors (Lipinski definition) is 1. The van der Waals surface area contributed by atoms with E-state index < -0.39 is 5.97 Å². The number of ether oxygens (including phenoxy) is 2. The van der Waals surface area contributed by atoms with Crippen molar-refractivity contribution in [2.24, 2.45) is 0 Å². The van der Waals surface area contributed by atoms with Crippen molar-refractivity contribution in [3.05, 3.63) is 28.7 Å². The molecule has 0 amide bonds. The Kier molecular flexibility index (Phi) is 3.95. The van der Waals surface area contributed by atoms with Crippen molar-refractivity contribution < 1.29 is 19.4 Å². The number of benzene rings is 1. The number of rotatable bonds is 4. The summed E-state index contributed by atoms with van der Waals surface area (Å²) in [6, 6.07) is 3.26. The Hall–Kier alpha value is -1.49. The van der Waals surface area contributed by atoms with Crippen molar-refractivity contribution in [3.63, 3.8) is 0 Å². The minimum Gasteiger partial charge on any atom is -0.497 e. The lowest BCUT2D eigenvalue weighted by atomic mass is 10.1. The summed E-state index contributed by atoms with van der Waals surface area (Å²) in [5, 5.41) is 8.90. The molecule has 16 heavy (non-hydrogen) atoms. The Morgan fingerprint density at radius 1 is 1.38 bits per heavy atom. The molecule has 1 rings (SSSR count). The zero-order valence-corrected chi connectivity index (χ0v) is 10.5. The van der Waals surface area contributed by atoms with Crippen molar-refractivity contribution >= 4 is 27.5 Å². The van der Waals surface area contributed by atoms with Crippen LogP contribution in [0.5, 0.6) is 11.5 Å². The smallest absolute Gasteiger partial charge is 0.335 e. The van der Waals surface area contributed by atoms with Crippen LogP contribution in [0.2, 0.25) is 0 Å². The molecule has 0 radical (unpaired) electrons. The Morgan fingerprint density at radius 3 is 2.44 bits per heavy atom. The molecule has 0 fully saturated rings. The van der Waals surface area contributed by atoms with Crippen LogP contribution in [-0.4, -0.2) is 25.3 Å². The number of aliphatic carboxylic acids is 1. The van der Waals surface area contributed by atoms with Gasteiger partial charge in [-0.15, -0.1) is 0 Å². The molecule has 5 heteroatoms. The summed E-state index contributed by atoms with van der Waals surface area (Å²) in [6.07, 6.45) is 0. The highest BCUT2D eigenvalue weighted by Crippen LogP contribution is 2.36. The van der Waals surface area contributed by atoms with E-state index in [1.807, 2.05) is 0 Å². The van der Waals surface area contributed by atoms with E-state index in [2.05, 4.69) is 22.5 Å². The second-order valence-electron chi connectivity index (χ2n) is 2.97. The third-order valence-corrected chi connectivity index (χ3v) is 2.67. The van der Waals surface area contributed by atoms with Gasteiger partial charge in [0.1, 0.15) is 11.5 Å². The molecule has 0 atom stereocenters. The summed E-state index contributed by atoms with van der Waals surface area (Å²) in [6.45, 7) is 3.50. The van der Waals surface area contributed by atoms with E-state index in [4.69, 9.17) is 14.6 Å². The molecule has 1 aromatic carbocycles. The van der Waals surface area contributed by atoms with Crippen molar-refractivity contribution in [2.75, 3.05) is 14.2 Å². The summed E-state index contributed by atoms with van der Waals surface area (Å²) >= 11 is 3.26. The molecule has 1 N–H and O–H groups in total. The largest absolute Gasteiger partial charge is 0.497 e. The third kappa shape index (κ3) is 2.36. The van der Waals surface area contributed by atoms with Gasteiger partial charge >= 0.3 is 5.97 Å². The fourth-order valence-electron chi connectivity index (χ4n) is 1.24. The summed E-state index contributed by atoms with van der Waals surface area (Å²) in [4.78, 5) is 10.9. The van der Waals surface area contributed by atoms with Crippen LogP contribution < -0.4 is 9.47 Å². The number of carbonyl (C=O) groups is 1. The Bertz CT molecular complexity index is 440. The first-order valence-electron chi connectivity index (χ1n) is 4.35. The maximum Gasteiger partial charge on any atom is 0.335 e. The molecular weight excluding hydrogens is 276 g/mol. The molecule has 0 aliphatic rings. The quantitative estimate of drug-likeness (QED) is 0.865. The molecule has 1 aromatic rings. The van der Waals surface area contributed by atoms with Gasteiger partial charge in [-0.2, -0.15) is 0 Å². The number of halogens is 1.